The lowest BCUT2D eigenvalue weighted by Gasteiger charge is -2.47. The Morgan fingerprint density at radius 1 is 0.762 bits per heavy atom. The molecule has 3 saturated carbocycles. The topological polar surface area (TPSA) is 199 Å². The molecule has 6 aliphatic rings. The van der Waals surface area contributed by atoms with Crippen LogP contribution in [-0.2, 0) is 71.1 Å². The Morgan fingerprint density at radius 3 is 1.84 bits per heavy atom. The third-order valence-electron chi connectivity index (χ3n) is 14.5. The molecule has 0 radical (unpaired) electrons. The zero-order chi connectivity index (χ0) is 44.2. The van der Waals surface area contributed by atoms with Crippen LogP contribution in [0.1, 0.15) is 70.6 Å². The van der Waals surface area contributed by atoms with Gasteiger partial charge in [0.2, 0.25) is 0 Å². The van der Waals surface area contributed by atoms with Gasteiger partial charge in [0.05, 0.1) is 32.5 Å². The minimum absolute atomic E-state index is 0.0453. The molecule has 63 heavy (non-hydrogen) atoms. The van der Waals surface area contributed by atoms with Crippen molar-refractivity contribution < 1.29 is 61.5 Å². The molecule has 1 unspecified atom stereocenters. The van der Waals surface area contributed by atoms with Crippen LogP contribution < -0.4 is 0 Å². The second-order valence-corrected chi connectivity index (χ2v) is 20.4. The molecule has 3 aliphatic heterocycles. The summed E-state index contributed by atoms with van der Waals surface area (Å²) in [6.45, 7) is 9.49. The van der Waals surface area contributed by atoms with Gasteiger partial charge in [0, 0.05) is 16.7 Å². The quantitative estimate of drug-likeness (QED) is 0.0659. The average molecular weight is 892 g/mol. The fourth-order valence-electron chi connectivity index (χ4n) is 10.8. The van der Waals surface area contributed by atoms with Gasteiger partial charge in [0.25, 0.3) is 0 Å². The number of ether oxygens (including phenoxy) is 7. The van der Waals surface area contributed by atoms with Crippen molar-refractivity contribution in [1.82, 2.24) is 0 Å². The fourth-order valence-corrected chi connectivity index (χ4v) is 12.1. The Balaban J connectivity index is 1.12. The first-order valence-corrected chi connectivity index (χ1v) is 23.3. The Morgan fingerprint density at radius 2 is 1.30 bits per heavy atom. The third-order valence-corrected chi connectivity index (χ3v) is 15.9. The molecule has 2 N–H and O–H groups in total. The number of hydrogen-bond acceptors (Lipinski definition) is 14. The van der Waals surface area contributed by atoms with E-state index in [9.17, 15) is 15.7 Å². The van der Waals surface area contributed by atoms with E-state index in [0.29, 0.717) is 12.3 Å². The number of nitrogens with zero attached hydrogens (tertiary/aromatic N) is 3. The molecule has 16 nitrogen and oxygen atoms in total. The fraction of sp³-hybridized carbons (Fsp3) is 0.609. The highest BCUT2D eigenvalue weighted by Crippen LogP contribution is 2.73. The van der Waals surface area contributed by atoms with Gasteiger partial charge >= 0.3 is 7.82 Å². The molecular weight excluding hydrogens is 833 g/mol. The number of fused-ring (bicyclic) bond motifs is 6. The van der Waals surface area contributed by atoms with Crippen LogP contribution in [0.2, 0.25) is 0 Å². The van der Waals surface area contributed by atoms with Gasteiger partial charge in [0.15, 0.2) is 17.9 Å². The smallest absolute Gasteiger partial charge is 0.394 e. The summed E-state index contributed by atoms with van der Waals surface area (Å²) < 4.78 is 81.9. The lowest BCUT2D eigenvalue weighted by molar-refractivity contribution is -0.310. The number of aliphatic hydroxyl groups excluding tert-OH is 2. The van der Waals surface area contributed by atoms with Gasteiger partial charge in [-0.15, -0.1) is 0 Å². The first-order valence-electron chi connectivity index (χ1n) is 21.8. The molecular formula is C46H58N3O13P. The first-order chi connectivity index (χ1) is 30.2. The van der Waals surface area contributed by atoms with Gasteiger partial charge in [-0.1, -0.05) is 117 Å². The van der Waals surface area contributed by atoms with Crippen molar-refractivity contribution in [3.8, 4) is 0 Å². The van der Waals surface area contributed by atoms with Crippen molar-refractivity contribution >= 4 is 7.82 Å². The van der Waals surface area contributed by atoms with Crippen LogP contribution in [0.5, 0.6) is 0 Å². The van der Waals surface area contributed by atoms with E-state index >= 15 is 4.57 Å². The van der Waals surface area contributed by atoms with E-state index in [1.165, 1.54) is 0 Å². The van der Waals surface area contributed by atoms with Crippen molar-refractivity contribution in [2.45, 2.75) is 153 Å². The monoisotopic (exact) mass is 891 g/mol. The number of phosphoric ester groups is 1. The van der Waals surface area contributed by atoms with Crippen molar-refractivity contribution in [1.29, 1.82) is 0 Å². The summed E-state index contributed by atoms with van der Waals surface area (Å²) in [6, 6.07) is 26.5. The SMILES string of the molecule is CC1(C)O[C@@H]2[C@@H](O[C@H]3O[C@H](CO)[C@@H](O)[C@H](OCc4ccccc4)[C@H]3N=[N+]=[N-])[C@H](OP(=O)(OCc3ccccc3)OCc3ccccc3)[C@@H]3OC4(C[C@H]5CC[C@]4(C)C5(C)C)O[C@@H]3[C@H]2O1. The summed E-state index contributed by atoms with van der Waals surface area (Å²) in [5, 5.41) is 26.1. The summed E-state index contributed by atoms with van der Waals surface area (Å²) in [6.07, 6.45) is -8.88. The summed E-state index contributed by atoms with van der Waals surface area (Å²) in [7, 11) is -4.58. The van der Waals surface area contributed by atoms with Crippen LogP contribution in [0, 0.1) is 16.7 Å². The molecule has 0 amide bonds. The minimum Gasteiger partial charge on any atom is -0.394 e. The normalized spacial score (nSPS) is 38.6. The number of aliphatic hydroxyl groups is 2. The summed E-state index contributed by atoms with van der Waals surface area (Å²) in [4.78, 5) is 3.11. The van der Waals surface area contributed by atoms with E-state index in [1.807, 2.05) is 91.0 Å². The van der Waals surface area contributed by atoms with Crippen LogP contribution >= 0.6 is 7.82 Å². The molecule has 3 aliphatic carbocycles. The van der Waals surface area contributed by atoms with Gasteiger partial charge in [-0.3, -0.25) is 13.6 Å². The van der Waals surface area contributed by atoms with E-state index in [2.05, 4.69) is 30.8 Å². The highest BCUT2D eigenvalue weighted by atomic mass is 31.2. The molecule has 6 fully saturated rings. The summed E-state index contributed by atoms with van der Waals surface area (Å²) in [5.41, 5.74) is 11.6. The molecule has 1 spiro atoms. The largest absolute Gasteiger partial charge is 0.475 e. The van der Waals surface area contributed by atoms with Gasteiger partial charge < -0.3 is 43.4 Å². The predicted molar refractivity (Wildman–Crippen MR) is 225 cm³/mol. The number of benzene rings is 3. The molecule has 0 aromatic heterocycles. The summed E-state index contributed by atoms with van der Waals surface area (Å²) >= 11 is 0. The maximum atomic E-state index is 15.4. The van der Waals surface area contributed by atoms with Crippen LogP contribution in [-0.4, -0.2) is 95.7 Å². The molecule has 17 heteroatoms. The van der Waals surface area contributed by atoms with E-state index in [1.54, 1.807) is 13.8 Å². The summed E-state index contributed by atoms with van der Waals surface area (Å²) in [5.74, 6) is -1.91. The Kier molecular flexibility index (Phi) is 12.5. The lowest BCUT2D eigenvalue weighted by Crippen LogP contribution is -2.66. The predicted octanol–water partition coefficient (Wildman–Crippen LogP) is 7.50. The second kappa shape index (κ2) is 17.5. The average Bonchev–Trinajstić information content (AvgIpc) is 3.94. The maximum absolute atomic E-state index is 15.4. The molecule has 9 rings (SSSR count). The lowest BCUT2D eigenvalue weighted by atomic mass is 9.68. The molecule has 3 aromatic rings. The van der Waals surface area contributed by atoms with Gasteiger partial charge in [-0.25, -0.2) is 4.57 Å². The van der Waals surface area contributed by atoms with Gasteiger partial charge in [-0.05, 0) is 60.2 Å². The minimum atomic E-state index is -4.58. The van der Waals surface area contributed by atoms with Gasteiger partial charge in [0.1, 0.15) is 54.9 Å². The standard InChI is InChI=1S/C46H58N3O13P/c1-43(2)31-21-22-45(43,5)46(23-31)60-39-38-37(58-44(3,4)59-38)36(57-42-33(48-49-47)35(34(51)32(24-50)56-42)53-25-28-15-9-6-10-16-28)41(40(39)61-46)62-63(52,54-26-29-17-11-7-12-18-29)55-27-30-19-13-8-14-20-30/h6-20,31-42,50-51H,21-27H2,1-5H3/t31-,32-,33-,34-,35-,36-,37-,38+,39-,40-,41+,42-,45-,46?/m1/s1. The first kappa shape index (κ1) is 44.9. The van der Waals surface area contributed by atoms with Crippen LogP contribution in [0.15, 0.2) is 96.1 Å². The second-order valence-electron chi connectivity index (χ2n) is 18.8. The maximum Gasteiger partial charge on any atom is 0.475 e. The van der Waals surface area contributed by atoms with Gasteiger partial charge in [-0.2, -0.15) is 0 Å². The zero-order valence-electron chi connectivity index (χ0n) is 36.2. The van der Waals surface area contributed by atoms with E-state index < -0.39 is 98.7 Å². The highest BCUT2D eigenvalue weighted by Gasteiger charge is 2.77. The molecule has 2 bridgehead atoms. The Hall–Kier alpha value is -3.28. The van der Waals surface area contributed by atoms with Crippen molar-refractivity contribution in [2.75, 3.05) is 6.61 Å². The molecule has 14 atom stereocenters. The molecule has 340 valence electrons. The highest BCUT2D eigenvalue weighted by molar-refractivity contribution is 7.48. The number of rotatable bonds is 15. The zero-order valence-corrected chi connectivity index (χ0v) is 37.1. The van der Waals surface area contributed by atoms with Crippen LogP contribution in [0.3, 0.4) is 0 Å². The molecule has 3 saturated heterocycles. The Labute approximate surface area is 367 Å². The van der Waals surface area contributed by atoms with Crippen LogP contribution in [0.25, 0.3) is 10.4 Å². The molecule has 3 heterocycles. The van der Waals surface area contributed by atoms with Crippen molar-refractivity contribution in [3.05, 3.63) is 118 Å². The Bertz CT molecular complexity index is 2100. The van der Waals surface area contributed by atoms with Crippen molar-refractivity contribution in [3.63, 3.8) is 0 Å². The van der Waals surface area contributed by atoms with E-state index in [-0.39, 0.29) is 25.2 Å². The number of phosphoric acid groups is 1. The van der Waals surface area contributed by atoms with E-state index in [0.717, 1.165) is 29.5 Å². The van der Waals surface area contributed by atoms with Crippen LogP contribution in [0.4, 0.5) is 0 Å². The molecule has 3 aromatic carbocycles. The number of azide groups is 1. The third kappa shape index (κ3) is 8.32. The van der Waals surface area contributed by atoms with E-state index in [4.69, 9.17) is 46.7 Å². The number of hydrogen-bond donors (Lipinski definition) is 2. The van der Waals surface area contributed by atoms with Crippen molar-refractivity contribution in [2.24, 2.45) is 21.9 Å².